The van der Waals surface area contributed by atoms with Gasteiger partial charge in [-0.05, 0) is 43.7 Å². The Morgan fingerprint density at radius 1 is 1.00 bits per heavy atom. The van der Waals surface area contributed by atoms with Crippen LogP contribution in [-0.2, 0) is 30.8 Å². The Bertz CT molecular complexity index is 938. The molecular weight excluding hydrogens is 392 g/mol. The van der Waals surface area contributed by atoms with E-state index in [0.717, 1.165) is 15.4 Å². The maximum absolute atomic E-state index is 12.8. The third kappa shape index (κ3) is 6.40. The fraction of sp³-hybridized carbons (Fsp3) is 0.333. The first kappa shape index (κ1) is 22.6. The Morgan fingerprint density at radius 3 is 2.17 bits per heavy atom. The van der Waals surface area contributed by atoms with Crippen LogP contribution < -0.4 is 5.32 Å². The highest BCUT2D eigenvalue weighted by Gasteiger charge is 2.25. The second-order valence-corrected chi connectivity index (χ2v) is 8.41. The van der Waals surface area contributed by atoms with Gasteiger partial charge in [-0.2, -0.15) is 4.31 Å². The number of esters is 1. The number of carbonyl (C=O) groups excluding carboxylic acids is 2. The van der Waals surface area contributed by atoms with Crippen LogP contribution in [0.1, 0.15) is 25.0 Å². The molecule has 2 rings (SSSR count). The molecule has 0 unspecified atom stereocenters. The first-order valence-electron chi connectivity index (χ1n) is 9.37. The number of sulfonamides is 1. The Balaban J connectivity index is 2.01. The van der Waals surface area contributed by atoms with Crippen LogP contribution >= 0.6 is 0 Å². The molecule has 0 radical (unpaired) electrons. The molecule has 1 amide bonds. The highest BCUT2D eigenvalue weighted by molar-refractivity contribution is 7.89. The van der Waals surface area contributed by atoms with E-state index < -0.39 is 15.9 Å². The van der Waals surface area contributed by atoms with Crippen LogP contribution in [0.15, 0.2) is 53.4 Å². The minimum Gasteiger partial charge on any atom is -0.466 e. The fourth-order valence-corrected chi connectivity index (χ4v) is 4.08. The lowest BCUT2D eigenvalue weighted by molar-refractivity contribution is -0.142. The summed E-state index contributed by atoms with van der Waals surface area (Å²) in [5.41, 5.74) is 2.24. The van der Waals surface area contributed by atoms with E-state index in [2.05, 4.69) is 5.32 Å². The number of carbonyl (C=O) groups is 2. The Morgan fingerprint density at radius 2 is 1.62 bits per heavy atom. The van der Waals surface area contributed by atoms with Crippen LogP contribution in [0.3, 0.4) is 0 Å². The van der Waals surface area contributed by atoms with Crippen molar-refractivity contribution in [2.24, 2.45) is 0 Å². The van der Waals surface area contributed by atoms with Crippen molar-refractivity contribution in [3.63, 3.8) is 0 Å². The fourth-order valence-electron chi connectivity index (χ4n) is 2.67. The van der Waals surface area contributed by atoms with Crippen molar-refractivity contribution < 1.29 is 22.7 Å². The number of likely N-dealkylation sites (N-methyl/N-ethyl adjacent to an activating group) is 1. The summed E-state index contributed by atoms with van der Waals surface area (Å²) in [6.07, 6.45) is 0.153. The first-order chi connectivity index (χ1) is 13.8. The molecule has 0 aromatic heterocycles. The van der Waals surface area contributed by atoms with E-state index >= 15 is 0 Å². The Hall–Kier alpha value is -2.71. The monoisotopic (exact) mass is 418 g/mol. The molecule has 0 spiro atoms. The predicted molar refractivity (Wildman–Crippen MR) is 111 cm³/mol. The molecule has 0 heterocycles. The molecular formula is C21H26N2O5S. The number of anilines is 1. The molecule has 8 heteroatoms. The van der Waals surface area contributed by atoms with Gasteiger partial charge in [0.25, 0.3) is 0 Å². The molecule has 29 heavy (non-hydrogen) atoms. The van der Waals surface area contributed by atoms with Crippen LogP contribution in [0.5, 0.6) is 0 Å². The SMILES string of the molecule is CCOC(=O)Cc1ccc(NC(=O)CN(CC)S(=O)(=O)c2ccc(C)cc2)cc1. The standard InChI is InChI=1S/C21H26N2O5S/c1-4-23(29(26,27)19-12-6-16(3)7-13-19)15-20(24)22-18-10-8-17(9-11-18)14-21(25)28-5-2/h6-13H,4-5,14-15H2,1-3H3,(H,22,24). The van der Waals surface area contributed by atoms with E-state index in [1.165, 1.54) is 12.1 Å². The molecule has 0 atom stereocenters. The topological polar surface area (TPSA) is 92.8 Å². The third-order valence-corrected chi connectivity index (χ3v) is 6.16. The zero-order valence-electron chi connectivity index (χ0n) is 16.8. The van der Waals surface area contributed by atoms with E-state index in [4.69, 9.17) is 4.74 Å². The highest BCUT2D eigenvalue weighted by Crippen LogP contribution is 2.17. The van der Waals surface area contributed by atoms with Gasteiger partial charge in [0.05, 0.1) is 24.5 Å². The highest BCUT2D eigenvalue weighted by atomic mass is 32.2. The number of ether oxygens (including phenoxy) is 1. The van der Waals surface area contributed by atoms with Crippen LogP contribution in [0.25, 0.3) is 0 Å². The van der Waals surface area contributed by atoms with E-state index in [1.807, 2.05) is 6.92 Å². The molecule has 0 bridgehead atoms. The van der Waals surface area contributed by atoms with E-state index in [1.54, 1.807) is 50.2 Å². The summed E-state index contributed by atoms with van der Waals surface area (Å²) in [5, 5.41) is 2.68. The van der Waals surface area contributed by atoms with Crippen LogP contribution in [0.4, 0.5) is 5.69 Å². The van der Waals surface area contributed by atoms with Gasteiger partial charge in [0.2, 0.25) is 15.9 Å². The maximum atomic E-state index is 12.8. The summed E-state index contributed by atoms with van der Waals surface area (Å²) < 4.78 is 31.6. The average molecular weight is 419 g/mol. The summed E-state index contributed by atoms with van der Waals surface area (Å²) in [6.45, 7) is 5.50. The number of nitrogens with zero attached hydrogens (tertiary/aromatic N) is 1. The van der Waals surface area contributed by atoms with Gasteiger partial charge in [-0.15, -0.1) is 0 Å². The van der Waals surface area contributed by atoms with Gasteiger partial charge in [-0.25, -0.2) is 8.42 Å². The molecule has 0 fully saturated rings. The summed E-state index contributed by atoms with van der Waals surface area (Å²) in [4.78, 5) is 24.0. The van der Waals surface area contributed by atoms with Crippen molar-refractivity contribution in [1.82, 2.24) is 4.31 Å². The van der Waals surface area contributed by atoms with Crippen LogP contribution in [-0.4, -0.2) is 44.3 Å². The molecule has 1 N–H and O–H groups in total. The number of amides is 1. The number of rotatable bonds is 9. The predicted octanol–water partition coefficient (Wildman–Crippen LogP) is 2.75. The van der Waals surface area contributed by atoms with Crippen molar-refractivity contribution in [2.75, 3.05) is 25.0 Å². The number of benzene rings is 2. The van der Waals surface area contributed by atoms with Gasteiger partial charge in [0.15, 0.2) is 0 Å². The van der Waals surface area contributed by atoms with E-state index in [-0.39, 0.29) is 30.4 Å². The minimum atomic E-state index is -3.76. The molecule has 0 aliphatic rings. The van der Waals surface area contributed by atoms with Crippen molar-refractivity contribution in [2.45, 2.75) is 32.1 Å². The molecule has 2 aromatic carbocycles. The normalized spacial score (nSPS) is 11.3. The lowest BCUT2D eigenvalue weighted by Crippen LogP contribution is -2.37. The van der Waals surface area contributed by atoms with Gasteiger partial charge in [0.1, 0.15) is 0 Å². The summed E-state index contributed by atoms with van der Waals surface area (Å²) in [5.74, 6) is -0.759. The zero-order chi connectivity index (χ0) is 21.4. The van der Waals surface area contributed by atoms with Crippen molar-refractivity contribution in [3.8, 4) is 0 Å². The molecule has 0 aliphatic carbocycles. The number of nitrogens with one attached hydrogen (secondary N) is 1. The lowest BCUT2D eigenvalue weighted by atomic mass is 10.1. The molecule has 7 nitrogen and oxygen atoms in total. The van der Waals surface area contributed by atoms with Gasteiger partial charge in [-0.1, -0.05) is 36.8 Å². The number of hydrogen-bond acceptors (Lipinski definition) is 5. The Labute approximate surface area is 171 Å². The van der Waals surface area contributed by atoms with Crippen molar-refractivity contribution in [1.29, 1.82) is 0 Å². The second kappa shape index (κ2) is 10.2. The third-order valence-electron chi connectivity index (χ3n) is 4.22. The Kier molecular flexibility index (Phi) is 7.92. The quantitative estimate of drug-likeness (QED) is 0.632. The van der Waals surface area contributed by atoms with E-state index in [0.29, 0.717) is 12.3 Å². The largest absolute Gasteiger partial charge is 0.466 e. The minimum absolute atomic E-state index is 0.153. The summed E-state index contributed by atoms with van der Waals surface area (Å²) in [7, 11) is -3.76. The molecule has 0 saturated heterocycles. The first-order valence-corrected chi connectivity index (χ1v) is 10.8. The zero-order valence-corrected chi connectivity index (χ0v) is 17.7. The molecule has 0 aliphatic heterocycles. The molecule has 156 valence electrons. The van der Waals surface area contributed by atoms with E-state index in [9.17, 15) is 18.0 Å². The summed E-state index contributed by atoms with van der Waals surface area (Å²) >= 11 is 0. The smallest absolute Gasteiger partial charge is 0.310 e. The lowest BCUT2D eigenvalue weighted by Gasteiger charge is -2.20. The number of aryl methyl sites for hydroxylation is 1. The summed E-state index contributed by atoms with van der Waals surface area (Å²) in [6, 6.07) is 13.3. The molecule has 2 aromatic rings. The number of hydrogen-bond donors (Lipinski definition) is 1. The molecule has 0 saturated carbocycles. The van der Waals surface area contributed by atoms with Crippen molar-refractivity contribution >= 4 is 27.6 Å². The second-order valence-electron chi connectivity index (χ2n) is 6.47. The average Bonchev–Trinajstić information content (AvgIpc) is 2.68. The maximum Gasteiger partial charge on any atom is 0.310 e. The van der Waals surface area contributed by atoms with Gasteiger partial charge >= 0.3 is 5.97 Å². The van der Waals surface area contributed by atoms with Gasteiger partial charge in [0, 0.05) is 12.2 Å². The van der Waals surface area contributed by atoms with Gasteiger partial charge in [-0.3, -0.25) is 9.59 Å². The van der Waals surface area contributed by atoms with Crippen LogP contribution in [0, 0.1) is 6.92 Å². The van der Waals surface area contributed by atoms with Crippen LogP contribution in [0.2, 0.25) is 0 Å². The van der Waals surface area contributed by atoms with Crippen molar-refractivity contribution in [3.05, 3.63) is 59.7 Å². The van der Waals surface area contributed by atoms with Gasteiger partial charge < -0.3 is 10.1 Å².